The fourth-order valence-electron chi connectivity index (χ4n) is 8.15. The molecule has 6 nitrogen and oxygen atoms in total. The van der Waals surface area contributed by atoms with Crippen molar-refractivity contribution in [2.45, 2.75) is 260 Å². The molecule has 0 aromatic heterocycles. The number of hydrogen-bond acceptors (Lipinski definition) is 6. The van der Waals surface area contributed by atoms with E-state index in [1.165, 1.54) is 135 Å². The maximum absolute atomic E-state index is 12.4. The molecule has 0 aliphatic carbocycles. The van der Waals surface area contributed by atoms with E-state index in [1.54, 1.807) is 0 Å². The highest BCUT2D eigenvalue weighted by Gasteiger charge is 2.13. The van der Waals surface area contributed by atoms with Crippen LogP contribution in [0.15, 0.2) is 0 Å². The van der Waals surface area contributed by atoms with Crippen LogP contribution in [0.1, 0.15) is 253 Å². The summed E-state index contributed by atoms with van der Waals surface area (Å²) < 4.78 is 17.8. The highest BCUT2D eigenvalue weighted by Crippen LogP contribution is 2.23. The standard InChI is InChI=1S/C50H99NO5/c1-7-13-23-32-46(33-24-14-8-2)40-44-55-49(52)38-29-20-18-17-19-27-36-48(54-43-31-42-51(11-5)12-6)37-28-21-22-30-39-50(53)56-45-41-47(34-25-15-9-3)35-26-16-10-4/h46-48H,7-45H2,1-6H3. The average Bonchev–Trinajstić information content (AvgIpc) is 3.19. The van der Waals surface area contributed by atoms with Crippen molar-refractivity contribution in [3.8, 4) is 0 Å². The maximum atomic E-state index is 12.4. The minimum atomic E-state index is -0.00472. The van der Waals surface area contributed by atoms with Gasteiger partial charge in [-0.1, -0.05) is 196 Å². The summed E-state index contributed by atoms with van der Waals surface area (Å²) in [7, 11) is 0. The molecule has 0 aromatic rings. The third-order valence-corrected chi connectivity index (χ3v) is 12.1. The van der Waals surface area contributed by atoms with Crippen molar-refractivity contribution in [2.24, 2.45) is 11.8 Å². The summed E-state index contributed by atoms with van der Waals surface area (Å²) in [6.45, 7) is 18.9. The van der Waals surface area contributed by atoms with Crippen molar-refractivity contribution >= 4 is 11.9 Å². The first kappa shape index (κ1) is 54.9. The van der Waals surface area contributed by atoms with E-state index in [0.29, 0.717) is 44.0 Å². The molecule has 0 saturated heterocycles. The summed E-state index contributed by atoms with van der Waals surface area (Å²) in [6, 6.07) is 0. The van der Waals surface area contributed by atoms with Crippen molar-refractivity contribution in [3.05, 3.63) is 0 Å². The lowest BCUT2D eigenvalue weighted by atomic mass is 9.92. The number of carbonyl (C=O) groups excluding carboxylic acids is 2. The van der Waals surface area contributed by atoms with Crippen LogP contribution >= 0.6 is 0 Å². The van der Waals surface area contributed by atoms with Crippen LogP contribution in [0.5, 0.6) is 0 Å². The van der Waals surface area contributed by atoms with Crippen molar-refractivity contribution in [1.82, 2.24) is 4.90 Å². The van der Waals surface area contributed by atoms with Gasteiger partial charge in [-0.25, -0.2) is 0 Å². The van der Waals surface area contributed by atoms with Crippen molar-refractivity contribution in [1.29, 1.82) is 0 Å². The first-order chi connectivity index (χ1) is 27.4. The van der Waals surface area contributed by atoms with Gasteiger partial charge >= 0.3 is 11.9 Å². The lowest BCUT2D eigenvalue weighted by molar-refractivity contribution is -0.145. The molecule has 0 fully saturated rings. The Hall–Kier alpha value is -1.14. The number of ether oxygens (including phenoxy) is 3. The van der Waals surface area contributed by atoms with Gasteiger partial charge in [-0.05, 0) is 69.9 Å². The summed E-state index contributed by atoms with van der Waals surface area (Å²) in [5.74, 6) is 1.42. The van der Waals surface area contributed by atoms with Crippen LogP contribution < -0.4 is 0 Å². The zero-order valence-electron chi connectivity index (χ0n) is 38.8. The van der Waals surface area contributed by atoms with Gasteiger partial charge < -0.3 is 19.1 Å². The van der Waals surface area contributed by atoms with Crippen LogP contribution in [0.25, 0.3) is 0 Å². The normalized spacial score (nSPS) is 12.3. The summed E-state index contributed by atoms with van der Waals surface area (Å²) in [5, 5.41) is 0. The van der Waals surface area contributed by atoms with Crippen LogP contribution in [0, 0.1) is 11.8 Å². The van der Waals surface area contributed by atoms with Crippen molar-refractivity contribution < 1.29 is 23.8 Å². The van der Waals surface area contributed by atoms with E-state index in [2.05, 4.69) is 46.4 Å². The van der Waals surface area contributed by atoms with E-state index in [1.807, 2.05) is 0 Å². The van der Waals surface area contributed by atoms with Gasteiger partial charge in [0.25, 0.3) is 0 Å². The molecule has 334 valence electrons. The molecule has 0 bridgehead atoms. The summed E-state index contributed by atoms with van der Waals surface area (Å²) in [6.07, 6.45) is 38.9. The minimum Gasteiger partial charge on any atom is -0.466 e. The second-order valence-electron chi connectivity index (χ2n) is 17.2. The number of carbonyl (C=O) groups is 2. The van der Waals surface area contributed by atoms with Crippen LogP contribution in [0.2, 0.25) is 0 Å². The fraction of sp³-hybridized carbons (Fsp3) is 0.960. The van der Waals surface area contributed by atoms with Crippen LogP contribution in [0.4, 0.5) is 0 Å². The van der Waals surface area contributed by atoms with Gasteiger partial charge in [0, 0.05) is 26.0 Å². The van der Waals surface area contributed by atoms with Crippen LogP contribution in [0.3, 0.4) is 0 Å². The SMILES string of the molecule is CCCCCC(CCCCC)CCOC(=O)CCCCCCCCC(CCCCCCC(=O)OCCC(CCCCC)CCCCC)OCCCN(CC)CC. The molecule has 0 amide bonds. The Morgan fingerprint density at radius 3 is 1.12 bits per heavy atom. The van der Waals surface area contributed by atoms with Gasteiger partial charge in [-0.2, -0.15) is 0 Å². The van der Waals surface area contributed by atoms with Gasteiger partial charge in [0.2, 0.25) is 0 Å². The highest BCUT2D eigenvalue weighted by atomic mass is 16.5. The van der Waals surface area contributed by atoms with E-state index in [9.17, 15) is 9.59 Å². The Bertz CT molecular complexity index is 797. The molecule has 0 saturated carbocycles. The zero-order valence-corrected chi connectivity index (χ0v) is 38.8. The first-order valence-electron chi connectivity index (χ1n) is 25.1. The average molecular weight is 794 g/mol. The fourth-order valence-corrected chi connectivity index (χ4v) is 8.15. The Morgan fingerprint density at radius 1 is 0.393 bits per heavy atom. The van der Waals surface area contributed by atoms with Gasteiger partial charge in [0.1, 0.15) is 0 Å². The largest absolute Gasteiger partial charge is 0.466 e. The number of nitrogens with zero attached hydrogens (tertiary/aromatic N) is 1. The van der Waals surface area contributed by atoms with E-state index >= 15 is 0 Å². The topological polar surface area (TPSA) is 65.1 Å². The van der Waals surface area contributed by atoms with Gasteiger partial charge in [0.15, 0.2) is 0 Å². The summed E-state index contributed by atoms with van der Waals surface area (Å²) in [5.41, 5.74) is 0. The molecule has 0 aliphatic rings. The zero-order chi connectivity index (χ0) is 41.2. The van der Waals surface area contributed by atoms with Gasteiger partial charge in [-0.15, -0.1) is 0 Å². The maximum Gasteiger partial charge on any atom is 0.305 e. The predicted molar refractivity (Wildman–Crippen MR) is 241 cm³/mol. The smallest absolute Gasteiger partial charge is 0.305 e. The second kappa shape index (κ2) is 43.4. The molecule has 56 heavy (non-hydrogen) atoms. The van der Waals surface area contributed by atoms with Gasteiger partial charge in [0.05, 0.1) is 19.3 Å². The number of esters is 2. The molecule has 0 radical (unpaired) electrons. The monoisotopic (exact) mass is 794 g/mol. The Balaban J connectivity index is 4.31. The molecule has 0 rings (SSSR count). The Kier molecular flexibility index (Phi) is 42.6. The van der Waals surface area contributed by atoms with E-state index < -0.39 is 0 Å². The molecule has 6 heteroatoms. The molecule has 0 aliphatic heterocycles. The summed E-state index contributed by atoms with van der Waals surface area (Å²) >= 11 is 0. The Morgan fingerprint density at radius 2 is 0.750 bits per heavy atom. The quantitative estimate of drug-likeness (QED) is 0.0452. The van der Waals surface area contributed by atoms with Crippen molar-refractivity contribution in [3.63, 3.8) is 0 Å². The highest BCUT2D eigenvalue weighted by molar-refractivity contribution is 5.69. The number of unbranched alkanes of at least 4 members (excludes halogenated alkanes) is 16. The molecule has 1 atom stereocenters. The molecular formula is C50H99NO5. The third kappa shape index (κ3) is 37.2. The Labute approximate surface area is 350 Å². The molecule has 0 spiro atoms. The lowest BCUT2D eigenvalue weighted by Gasteiger charge is -2.21. The molecule has 0 aromatic carbocycles. The molecule has 1 unspecified atom stereocenters. The molecular weight excluding hydrogens is 695 g/mol. The van der Waals surface area contributed by atoms with E-state index in [4.69, 9.17) is 14.2 Å². The second-order valence-corrected chi connectivity index (χ2v) is 17.2. The predicted octanol–water partition coefficient (Wildman–Crippen LogP) is 15.0. The molecule has 0 heterocycles. The number of rotatable bonds is 45. The van der Waals surface area contributed by atoms with Gasteiger partial charge in [-0.3, -0.25) is 9.59 Å². The van der Waals surface area contributed by atoms with Crippen molar-refractivity contribution in [2.75, 3.05) is 39.5 Å². The lowest BCUT2D eigenvalue weighted by Crippen LogP contribution is -2.25. The van der Waals surface area contributed by atoms with Crippen LogP contribution in [-0.2, 0) is 23.8 Å². The van der Waals surface area contributed by atoms with E-state index in [-0.39, 0.29) is 11.9 Å². The number of hydrogen-bond donors (Lipinski definition) is 0. The molecule has 0 N–H and O–H groups in total. The summed E-state index contributed by atoms with van der Waals surface area (Å²) in [4.78, 5) is 27.3. The van der Waals surface area contributed by atoms with Crippen LogP contribution in [-0.4, -0.2) is 62.4 Å². The first-order valence-corrected chi connectivity index (χ1v) is 25.1. The third-order valence-electron chi connectivity index (χ3n) is 12.1. The minimum absolute atomic E-state index is 0.00136. The van der Waals surface area contributed by atoms with E-state index in [0.717, 1.165) is 90.4 Å².